The molecule has 2 aromatic rings. The van der Waals surface area contributed by atoms with E-state index in [1.807, 2.05) is 0 Å². The summed E-state index contributed by atoms with van der Waals surface area (Å²) in [7, 11) is 1.72. The van der Waals surface area contributed by atoms with Crippen LogP contribution >= 0.6 is 15.9 Å². The standard InChI is InChI=1S/C14H17BrN2O/c1-3-11-8-10(5-7-13(11)18-2)4-6-12-14(15)17-9-16-12/h5,7-9H,3-4,6H2,1-2H3,(H,16,17). The lowest BCUT2D eigenvalue weighted by Gasteiger charge is -2.09. The molecule has 1 aromatic carbocycles. The van der Waals surface area contributed by atoms with Crippen LogP contribution in [0.2, 0.25) is 0 Å². The maximum Gasteiger partial charge on any atom is 0.127 e. The van der Waals surface area contributed by atoms with Gasteiger partial charge in [0.2, 0.25) is 0 Å². The van der Waals surface area contributed by atoms with Crippen LogP contribution < -0.4 is 4.74 Å². The second kappa shape index (κ2) is 6.05. The van der Waals surface area contributed by atoms with Crippen molar-refractivity contribution in [1.29, 1.82) is 0 Å². The Labute approximate surface area is 116 Å². The first-order valence-electron chi connectivity index (χ1n) is 6.08. The van der Waals surface area contributed by atoms with Crippen molar-refractivity contribution in [3.05, 3.63) is 46.0 Å². The number of benzene rings is 1. The molecule has 0 aliphatic rings. The highest BCUT2D eigenvalue weighted by Gasteiger charge is 2.05. The van der Waals surface area contributed by atoms with Gasteiger partial charge in [0.25, 0.3) is 0 Å². The predicted molar refractivity (Wildman–Crippen MR) is 76.1 cm³/mol. The van der Waals surface area contributed by atoms with Gasteiger partial charge in [0.05, 0.1) is 13.4 Å². The van der Waals surface area contributed by atoms with Gasteiger partial charge in [-0.3, -0.25) is 0 Å². The Morgan fingerprint density at radius 2 is 2.17 bits per heavy atom. The van der Waals surface area contributed by atoms with Crippen LogP contribution in [0, 0.1) is 0 Å². The van der Waals surface area contributed by atoms with Gasteiger partial charge in [-0.15, -0.1) is 0 Å². The van der Waals surface area contributed by atoms with Crippen molar-refractivity contribution in [3.8, 4) is 5.75 Å². The lowest BCUT2D eigenvalue weighted by atomic mass is 10.0. The number of imidazole rings is 1. The number of hydrogen-bond acceptors (Lipinski definition) is 2. The zero-order chi connectivity index (χ0) is 13.0. The number of hydrogen-bond donors (Lipinski definition) is 1. The highest BCUT2D eigenvalue weighted by atomic mass is 79.9. The van der Waals surface area contributed by atoms with E-state index in [4.69, 9.17) is 4.74 Å². The zero-order valence-electron chi connectivity index (χ0n) is 10.7. The van der Waals surface area contributed by atoms with E-state index in [1.165, 1.54) is 11.1 Å². The van der Waals surface area contributed by atoms with E-state index in [0.29, 0.717) is 0 Å². The molecule has 3 nitrogen and oxygen atoms in total. The van der Waals surface area contributed by atoms with Crippen LogP contribution in [0.3, 0.4) is 0 Å². The summed E-state index contributed by atoms with van der Waals surface area (Å²) in [5.74, 6) is 0.976. The molecule has 1 aromatic heterocycles. The van der Waals surface area contributed by atoms with Crippen LogP contribution in [-0.4, -0.2) is 17.1 Å². The molecule has 0 fully saturated rings. The van der Waals surface area contributed by atoms with Gasteiger partial charge in [-0.2, -0.15) is 0 Å². The Morgan fingerprint density at radius 3 is 2.78 bits per heavy atom. The highest BCUT2D eigenvalue weighted by molar-refractivity contribution is 9.10. The number of nitrogens with zero attached hydrogens (tertiary/aromatic N) is 1. The van der Waals surface area contributed by atoms with Crippen molar-refractivity contribution in [1.82, 2.24) is 9.97 Å². The quantitative estimate of drug-likeness (QED) is 0.917. The van der Waals surface area contributed by atoms with E-state index in [0.717, 1.165) is 35.3 Å². The topological polar surface area (TPSA) is 37.9 Å². The number of rotatable bonds is 5. The average Bonchev–Trinajstić information content (AvgIpc) is 2.81. The van der Waals surface area contributed by atoms with E-state index < -0.39 is 0 Å². The Balaban J connectivity index is 2.08. The number of halogens is 1. The van der Waals surface area contributed by atoms with Gasteiger partial charge >= 0.3 is 0 Å². The van der Waals surface area contributed by atoms with Crippen LogP contribution in [0.25, 0.3) is 0 Å². The van der Waals surface area contributed by atoms with E-state index in [-0.39, 0.29) is 0 Å². The van der Waals surface area contributed by atoms with E-state index >= 15 is 0 Å². The second-order valence-electron chi connectivity index (χ2n) is 4.17. The molecule has 96 valence electrons. The van der Waals surface area contributed by atoms with Gasteiger partial charge in [-0.25, -0.2) is 4.98 Å². The number of aromatic nitrogens is 2. The minimum absolute atomic E-state index is 0.909. The van der Waals surface area contributed by atoms with Gasteiger partial charge in [0, 0.05) is 5.69 Å². The molecule has 0 saturated heterocycles. The normalized spacial score (nSPS) is 10.6. The van der Waals surface area contributed by atoms with E-state index in [1.54, 1.807) is 13.4 Å². The zero-order valence-corrected chi connectivity index (χ0v) is 12.3. The summed E-state index contributed by atoms with van der Waals surface area (Å²) in [5, 5.41) is 0. The molecule has 2 rings (SSSR count). The molecule has 0 aliphatic carbocycles. The Bertz CT molecular complexity index is 522. The minimum Gasteiger partial charge on any atom is -0.496 e. The molecule has 0 saturated carbocycles. The molecular weight excluding hydrogens is 292 g/mol. The van der Waals surface area contributed by atoms with Crippen molar-refractivity contribution < 1.29 is 4.74 Å². The molecule has 4 heteroatoms. The molecule has 1 heterocycles. The van der Waals surface area contributed by atoms with Gasteiger partial charge in [0.1, 0.15) is 10.4 Å². The molecule has 0 aliphatic heterocycles. The number of aromatic amines is 1. The first-order chi connectivity index (χ1) is 8.74. The monoisotopic (exact) mass is 308 g/mol. The van der Waals surface area contributed by atoms with Crippen molar-refractivity contribution in [3.63, 3.8) is 0 Å². The molecule has 0 unspecified atom stereocenters. The molecule has 18 heavy (non-hydrogen) atoms. The fraction of sp³-hybridized carbons (Fsp3) is 0.357. The summed E-state index contributed by atoms with van der Waals surface area (Å²) in [6.45, 7) is 2.15. The maximum absolute atomic E-state index is 5.34. The number of aryl methyl sites for hydroxylation is 3. The molecule has 0 radical (unpaired) electrons. The summed E-state index contributed by atoms with van der Waals surface area (Å²) >= 11 is 3.43. The maximum atomic E-state index is 5.34. The fourth-order valence-corrected chi connectivity index (χ4v) is 2.43. The van der Waals surface area contributed by atoms with Gasteiger partial charge in [0.15, 0.2) is 0 Å². The van der Waals surface area contributed by atoms with Crippen molar-refractivity contribution in [2.45, 2.75) is 26.2 Å². The van der Waals surface area contributed by atoms with Crippen LogP contribution in [-0.2, 0) is 19.3 Å². The van der Waals surface area contributed by atoms with Crippen molar-refractivity contribution >= 4 is 15.9 Å². The summed E-state index contributed by atoms with van der Waals surface area (Å²) in [6.07, 6.45) is 4.66. The van der Waals surface area contributed by atoms with Gasteiger partial charge < -0.3 is 9.72 Å². The Hall–Kier alpha value is -1.29. The lowest BCUT2D eigenvalue weighted by Crippen LogP contribution is -1.96. The smallest absolute Gasteiger partial charge is 0.127 e. The summed E-state index contributed by atoms with van der Waals surface area (Å²) in [5.41, 5.74) is 3.73. The molecule has 0 atom stereocenters. The summed E-state index contributed by atoms with van der Waals surface area (Å²) in [6, 6.07) is 6.40. The molecule has 0 amide bonds. The number of nitrogens with one attached hydrogen (secondary N) is 1. The lowest BCUT2D eigenvalue weighted by molar-refractivity contribution is 0.410. The SMILES string of the molecule is CCc1cc(CCc2[nH]cnc2Br)ccc1OC. The number of methoxy groups -OCH3 is 1. The van der Waals surface area contributed by atoms with Crippen LogP contribution in [0.15, 0.2) is 29.1 Å². The summed E-state index contributed by atoms with van der Waals surface area (Å²) in [4.78, 5) is 7.28. The van der Waals surface area contributed by atoms with Crippen LogP contribution in [0.1, 0.15) is 23.7 Å². The van der Waals surface area contributed by atoms with E-state index in [9.17, 15) is 0 Å². The molecule has 0 bridgehead atoms. The van der Waals surface area contributed by atoms with Crippen LogP contribution in [0.4, 0.5) is 0 Å². The predicted octanol–water partition coefficient (Wildman–Crippen LogP) is 3.53. The van der Waals surface area contributed by atoms with Gasteiger partial charge in [-0.05, 0) is 52.4 Å². The third kappa shape index (κ3) is 2.93. The summed E-state index contributed by atoms with van der Waals surface area (Å²) < 4.78 is 6.25. The Morgan fingerprint density at radius 1 is 1.33 bits per heavy atom. The van der Waals surface area contributed by atoms with Crippen molar-refractivity contribution in [2.24, 2.45) is 0 Å². The van der Waals surface area contributed by atoms with Crippen LogP contribution in [0.5, 0.6) is 5.75 Å². The highest BCUT2D eigenvalue weighted by Crippen LogP contribution is 2.21. The average molecular weight is 309 g/mol. The number of H-pyrrole nitrogens is 1. The van der Waals surface area contributed by atoms with E-state index in [2.05, 4.69) is 51.0 Å². The Kier molecular flexibility index (Phi) is 4.42. The molecule has 0 spiro atoms. The third-order valence-electron chi connectivity index (χ3n) is 3.06. The largest absolute Gasteiger partial charge is 0.496 e. The first kappa shape index (κ1) is 13.1. The number of ether oxygens (including phenoxy) is 1. The van der Waals surface area contributed by atoms with Gasteiger partial charge in [-0.1, -0.05) is 19.1 Å². The molecule has 1 N–H and O–H groups in total. The third-order valence-corrected chi connectivity index (χ3v) is 3.74. The van der Waals surface area contributed by atoms with Crippen molar-refractivity contribution in [2.75, 3.05) is 7.11 Å². The molecular formula is C14H17BrN2O. The fourth-order valence-electron chi connectivity index (χ4n) is 2.01. The minimum atomic E-state index is 0.909. The second-order valence-corrected chi connectivity index (χ2v) is 4.92. The first-order valence-corrected chi connectivity index (χ1v) is 6.87.